The molecule has 0 amide bonds. The molecule has 8 nitrogen and oxygen atoms in total. The van der Waals surface area contributed by atoms with Crippen molar-refractivity contribution in [1.82, 2.24) is 9.55 Å². The third-order valence-electron chi connectivity index (χ3n) is 6.35. The Morgan fingerprint density at radius 2 is 2.12 bits per heavy atom. The topological polar surface area (TPSA) is 120 Å². The van der Waals surface area contributed by atoms with E-state index < -0.39 is 11.6 Å². The first-order chi connectivity index (χ1) is 15.5. The number of nitrogens with zero attached hydrogens (tertiary/aromatic N) is 3. The van der Waals surface area contributed by atoms with Crippen LogP contribution in [0.1, 0.15) is 42.0 Å². The van der Waals surface area contributed by atoms with Crippen molar-refractivity contribution in [2.75, 3.05) is 13.1 Å². The Kier molecular flexibility index (Phi) is 4.91. The number of carbonyl (C=O) groups is 1. The zero-order valence-electron chi connectivity index (χ0n) is 17.8. The Labute approximate surface area is 184 Å². The van der Waals surface area contributed by atoms with Crippen molar-refractivity contribution in [1.29, 1.82) is 0 Å². The van der Waals surface area contributed by atoms with Crippen LogP contribution in [0, 0.1) is 0 Å². The Bertz CT molecular complexity index is 1340. The molecule has 8 heteroatoms. The lowest BCUT2D eigenvalue weighted by Crippen LogP contribution is -2.44. The second-order valence-electron chi connectivity index (χ2n) is 8.15. The van der Waals surface area contributed by atoms with Crippen molar-refractivity contribution in [3.8, 4) is 11.4 Å². The number of nitrogens with two attached hydrogens (primary N) is 1. The number of pyridine rings is 2. The lowest BCUT2D eigenvalue weighted by molar-refractivity contribution is -0.172. The zero-order valence-corrected chi connectivity index (χ0v) is 17.8. The average Bonchev–Trinajstić information content (AvgIpc) is 3.17. The average molecular weight is 432 g/mol. The van der Waals surface area contributed by atoms with E-state index in [1.807, 2.05) is 30.5 Å². The highest BCUT2D eigenvalue weighted by Crippen LogP contribution is 2.39. The molecule has 2 aliphatic heterocycles. The van der Waals surface area contributed by atoms with Gasteiger partial charge in [-0.1, -0.05) is 25.1 Å². The fourth-order valence-corrected chi connectivity index (χ4v) is 4.55. The van der Waals surface area contributed by atoms with Gasteiger partial charge in [-0.3, -0.25) is 9.79 Å². The summed E-state index contributed by atoms with van der Waals surface area (Å²) in [7, 11) is 0. The fraction of sp³-hybridized carbons (Fsp3) is 0.333. The van der Waals surface area contributed by atoms with Crippen LogP contribution in [0.3, 0.4) is 0 Å². The Morgan fingerprint density at radius 1 is 1.31 bits per heavy atom. The van der Waals surface area contributed by atoms with Crippen LogP contribution < -0.4 is 11.3 Å². The maximum absolute atomic E-state index is 13.4. The minimum Gasteiger partial charge on any atom is -0.458 e. The van der Waals surface area contributed by atoms with Crippen LogP contribution in [0.2, 0.25) is 0 Å². The quantitative estimate of drug-likeness (QED) is 0.282. The van der Waals surface area contributed by atoms with Gasteiger partial charge in [0.25, 0.3) is 5.56 Å². The highest BCUT2D eigenvalue weighted by atomic mass is 16.6. The number of ether oxygens (including phenoxy) is 1. The van der Waals surface area contributed by atoms with Gasteiger partial charge in [0, 0.05) is 34.8 Å². The van der Waals surface area contributed by atoms with Crippen LogP contribution in [0.5, 0.6) is 0 Å². The highest BCUT2D eigenvalue weighted by molar-refractivity contribution is 6.02. The summed E-state index contributed by atoms with van der Waals surface area (Å²) in [6.07, 6.45) is 2.74. The van der Waals surface area contributed by atoms with E-state index in [0.717, 1.165) is 28.5 Å². The SMILES string of the molecule is CC[C@@]1(O)C(=O)OCc2c1cc1n(c2=O)Cc2c-1nc1ccccc1c2C=NCCCN. The number of para-hydroxylation sites is 1. The molecule has 2 aliphatic rings. The van der Waals surface area contributed by atoms with Crippen LogP contribution in [0.4, 0.5) is 0 Å². The second-order valence-corrected chi connectivity index (χ2v) is 8.15. The Morgan fingerprint density at radius 3 is 2.91 bits per heavy atom. The lowest BCUT2D eigenvalue weighted by Gasteiger charge is -2.31. The summed E-state index contributed by atoms with van der Waals surface area (Å²) in [5, 5.41) is 12.0. The summed E-state index contributed by atoms with van der Waals surface area (Å²) < 4.78 is 6.78. The second kappa shape index (κ2) is 7.65. The molecule has 1 aromatic carbocycles. The van der Waals surface area contributed by atoms with E-state index in [4.69, 9.17) is 15.5 Å². The third-order valence-corrected chi connectivity index (χ3v) is 6.35. The van der Waals surface area contributed by atoms with Crippen molar-refractivity contribution in [3.05, 3.63) is 62.9 Å². The largest absolute Gasteiger partial charge is 0.458 e. The third kappa shape index (κ3) is 2.91. The molecule has 2 aromatic heterocycles. The number of aliphatic hydroxyl groups is 1. The van der Waals surface area contributed by atoms with Gasteiger partial charge in [-0.2, -0.15) is 0 Å². The van der Waals surface area contributed by atoms with E-state index in [2.05, 4.69) is 4.99 Å². The number of aromatic nitrogens is 2. The first kappa shape index (κ1) is 20.5. The normalized spacial score (nSPS) is 19.2. The molecule has 0 fully saturated rings. The maximum Gasteiger partial charge on any atom is 0.343 e. The number of cyclic esters (lactones) is 1. The fourth-order valence-electron chi connectivity index (χ4n) is 4.55. The minimum atomic E-state index is -1.84. The maximum atomic E-state index is 13.4. The van der Waals surface area contributed by atoms with E-state index in [1.165, 1.54) is 0 Å². The van der Waals surface area contributed by atoms with Crippen LogP contribution in [-0.2, 0) is 28.3 Å². The first-order valence-electron chi connectivity index (χ1n) is 10.8. The van der Waals surface area contributed by atoms with E-state index in [-0.39, 0.29) is 18.6 Å². The van der Waals surface area contributed by atoms with Gasteiger partial charge in [-0.15, -0.1) is 0 Å². The van der Waals surface area contributed by atoms with Crippen molar-refractivity contribution in [2.24, 2.45) is 10.7 Å². The van der Waals surface area contributed by atoms with Crippen molar-refractivity contribution in [2.45, 2.75) is 38.5 Å². The molecule has 0 unspecified atom stereocenters. The molecule has 0 radical (unpaired) electrons. The predicted molar refractivity (Wildman–Crippen MR) is 121 cm³/mol. The van der Waals surface area contributed by atoms with Gasteiger partial charge in [0.2, 0.25) is 0 Å². The number of carbonyl (C=O) groups excluding carboxylic acids is 1. The minimum absolute atomic E-state index is 0.110. The molecular weight excluding hydrogens is 408 g/mol. The summed E-state index contributed by atoms with van der Waals surface area (Å²) in [5.41, 5.74) is 7.96. The lowest BCUT2D eigenvalue weighted by atomic mass is 9.86. The van der Waals surface area contributed by atoms with Gasteiger partial charge >= 0.3 is 5.97 Å². The standard InChI is InChI=1S/C24H24N4O4/c1-2-24(31)18-10-20-21-16(12-28(20)22(29)17(18)13-32-23(24)30)15(11-26-9-5-8-25)14-6-3-4-7-19(14)27-21/h3-4,6-7,10-11,31H,2,5,8-9,12-13,25H2,1H3/t24-/m0/s1. The van der Waals surface area contributed by atoms with Gasteiger partial charge < -0.3 is 20.1 Å². The van der Waals surface area contributed by atoms with Gasteiger partial charge in [0.05, 0.1) is 29.0 Å². The monoisotopic (exact) mass is 432 g/mol. The summed E-state index contributed by atoms with van der Waals surface area (Å²) in [6, 6.07) is 9.50. The molecule has 5 rings (SSSR count). The van der Waals surface area contributed by atoms with Crippen LogP contribution >= 0.6 is 0 Å². The van der Waals surface area contributed by atoms with Crippen molar-refractivity contribution in [3.63, 3.8) is 0 Å². The number of hydrogen-bond donors (Lipinski definition) is 2. The summed E-state index contributed by atoms with van der Waals surface area (Å²) in [5.74, 6) is -0.728. The van der Waals surface area contributed by atoms with Gasteiger partial charge in [-0.05, 0) is 31.5 Å². The van der Waals surface area contributed by atoms with Crippen molar-refractivity contribution >= 4 is 23.1 Å². The molecule has 0 saturated carbocycles. The number of aliphatic imine (C=N–C) groups is 1. The van der Waals surface area contributed by atoms with Gasteiger partial charge in [0.1, 0.15) is 6.61 Å². The molecule has 0 bridgehead atoms. The van der Waals surface area contributed by atoms with E-state index in [9.17, 15) is 14.7 Å². The van der Waals surface area contributed by atoms with E-state index >= 15 is 0 Å². The number of benzene rings is 1. The first-order valence-corrected chi connectivity index (χ1v) is 10.8. The van der Waals surface area contributed by atoms with E-state index in [1.54, 1.807) is 17.6 Å². The summed E-state index contributed by atoms with van der Waals surface area (Å²) in [4.78, 5) is 35.1. The van der Waals surface area contributed by atoms with Gasteiger partial charge in [0.15, 0.2) is 5.60 Å². The Hall–Kier alpha value is -3.36. The molecular formula is C24H24N4O4. The molecule has 0 spiro atoms. The van der Waals surface area contributed by atoms with Crippen molar-refractivity contribution < 1.29 is 14.6 Å². The molecule has 32 heavy (non-hydrogen) atoms. The number of fused-ring (bicyclic) bond motifs is 5. The highest BCUT2D eigenvalue weighted by Gasteiger charge is 2.45. The summed E-state index contributed by atoms with van der Waals surface area (Å²) in [6.45, 7) is 3.07. The van der Waals surface area contributed by atoms with Crippen LogP contribution in [0.25, 0.3) is 22.3 Å². The molecule has 4 heterocycles. The molecule has 3 N–H and O–H groups in total. The predicted octanol–water partition coefficient (Wildman–Crippen LogP) is 1.85. The van der Waals surface area contributed by atoms with Crippen LogP contribution in [0.15, 0.2) is 40.1 Å². The molecule has 3 aromatic rings. The number of hydrogen-bond acceptors (Lipinski definition) is 7. The zero-order chi connectivity index (χ0) is 22.5. The van der Waals surface area contributed by atoms with E-state index in [0.29, 0.717) is 42.1 Å². The molecule has 1 atom stereocenters. The summed E-state index contributed by atoms with van der Waals surface area (Å²) >= 11 is 0. The molecule has 0 saturated heterocycles. The number of rotatable bonds is 5. The molecule has 0 aliphatic carbocycles. The van der Waals surface area contributed by atoms with Gasteiger partial charge in [-0.25, -0.2) is 9.78 Å². The van der Waals surface area contributed by atoms with Crippen LogP contribution in [-0.4, -0.2) is 39.9 Å². The molecule has 164 valence electrons. The Balaban J connectivity index is 1.75. The number of esters is 1. The smallest absolute Gasteiger partial charge is 0.343 e.